The van der Waals surface area contributed by atoms with Gasteiger partial charge in [-0.3, -0.25) is 4.79 Å². The number of rotatable bonds is 2. The number of anilines is 1. The predicted octanol–water partition coefficient (Wildman–Crippen LogP) is 2.80. The molecule has 1 amide bonds. The van der Waals surface area contributed by atoms with Gasteiger partial charge < -0.3 is 5.32 Å². The molecule has 2 rings (SSSR count). The van der Waals surface area contributed by atoms with Crippen LogP contribution >= 0.6 is 15.9 Å². The highest BCUT2D eigenvalue weighted by molar-refractivity contribution is 9.10. The van der Waals surface area contributed by atoms with Crippen LogP contribution in [0.15, 0.2) is 41.1 Å². The molecule has 86 valence electrons. The topological polar surface area (TPSA) is 54.9 Å². The molecular formula is C12H10BrN3O. The zero-order valence-corrected chi connectivity index (χ0v) is 10.7. The van der Waals surface area contributed by atoms with Crippen LogP contribution in [0.3, 0.4) is 0 Å². The van der Waals surface area contributed by atoms with Gasteiger partial charge in [-0.2, -0.15) is 0 Å². The summed E-state index contributed by atoms with van der Waals surface area (Å²) >= 11 is 3.33. The molecule has 0 atom stereocenters. The number of nitrogens with zero attached hydrogens (tertiary/aromatic N) is 2. The Morgan fingerprint density at radius 3 is 2.59 bits per heavy atom. The first-order valence-electron chi connectivity index (χ1n) is 5.01. The number of hydrogen-bond acceptors (Lipinski definition) is 3. The van der Waals surface area contributed by atoms with Crippen molar-refractivity contribution in [2.75, 3.05) is 5.32 Å². The Bertz CT molecular complexity index is 540. The third kappa shape index (κ3) is 3.10. The molecule has 5 heteroatoms. The first-order valence-corrected chi connectivity index (χ1v) is 5.80. The lowest BCUT2D eigenvalue weighted by Crippen LogP contribution is -2.14. The second kappa shape index (κ2) is 5.05. The summed E-state index contributed by atoms with van der Waals surface area (Å²) in [6.07, 6.45) is 1.38. The summed E-state index contributed by atoms with van der Waals surface area (Å²) in [5, 5.41) is 2.76. The summed E-state index contributed by atoms with van der Waals surface area (Å²) in [4.78, 5) is 19.7. The second-order valence-corrected chi connectivity index (χ2v) is 4.42. The van der Waals surface area contributed by atoms with E-state index in [9.17, 15) is 4.79 Å². The Labute approximate surface area is 107 Å². The van der Waals surface area contributed by atoms with E-state index in [1.807, 2.05) is 31.2 Å². The number of hydrogen-bond donors (Lipinski definition) is 1. The number of aryl methyl sites for hydroxylation is 1. The molecule has 1 N–H and O–H groups in total. The summed E-state index contributed by atoms with van der Waals surface area (Å²) in [6.45, 7) is 1.82. The van der Waals surface area contributed by atoms with Gasteiger partial charge >= 0.3 is 0 Å². The lowest BCUT2D eigenvalue weighted by Gasteiger charge is -2.04. The Morgan fingerprint density at radius 1 is 1.24 bits per heavy atom. The van der Waals surface area contributed by atoms with Gasteiger partial charge in [0.1, 0.15) is 12.0 Å². The maximum Gasteiger partial charge on any atom is 0.274 e. The van der Waals surface area contributed by atoms with Crippen molar-refractivity contribution in [1.29, 1.82) is 0 Å². The summed E-state index contributed by atoms with van der Waals surface area (Å²) < 4.78 is 0.966. The highest BCUT2D eigenvalue weighted by Crippen LogP contribution is 2.14. The zero-order valence-electron chi connectivity index (χ0n) is 9.14. The monoisotopic (exact) mass is 291 g/mol. The number of amides is 1. The third-order valence-corrected chi connectivity index (χ3v) is 2.67. The van der Waals surface area contributed by atoms with Crippen LogP contribution < -0.4 is 5.32 Å². The molecule has 0 bridgehead atoms. The number of nitrogens with one attached hydrogen (secondary N) is 1. The van der Waals surface area contributed by atoms with Crippen molar-refractivity contribution in [3.05, 3.63) is 52.5 Å². The van der Waals surface area contributed by atoms with E-state index in [2.05, 4.69) is 31.2 Å². The number of halogens is 1. The molecule has 17 heavy (non-hydrogen) atoms. The molecule has 0 aliphatic carbocycles. The van der Waals surface area contributed by atoms with E-state index in [-0.39, 0.29) is 5.91 Å². The normalized spacial score (nSPS) is 10.0. The molecular weight excluding hydrogens is 282 g/mol. The molecule has 0 saturated heterocycles. The van der Waals surface area contributed by atoms with Crippen LogP contribution in [0.2, 0.25) is 0 Å². The quantitative estimate of drug-likeness (QED) is 0.926. The van der Waals surface area contributed by atoms with Crippen molar-refractivity contribution in [3.8, 4) is 0 Å². The van der Waals surface area contributed by atoms with Gasteiger partial charge in [-0.25, -0.2) is 9.97 Å². The largest absolute Gasteiger partial charge is 0.321 e. The van der Waals surface area contributed by atoms with Gasteiger partial charge in [-0.15, -0.1) is 0 Å². The van der Waals surface area contributed by atoms with Crippen LogP contribution in [0.4, 0.5) is 5.69 Å². The molecule has 1 heterocycles. The van der Waals surface area contributed by atoms with E-state index < -0.39 is 0 Å². The molecule has 0 radical (unpaired) electrons. The van der Waals surface area contributed by atoms with E-state index in [1.54, 1.807) is 6.07 Å². The minimum Gasteiger partial charge on any atom is -0.321 e. The molecule has 0 saturated carbocycles. The van der Waals surface area contributed by atoms with Crippen molar-refractivity contribution in [2.45, 2.75) is 6.92 Å². The third-order valence-electron chi connectivity index (χ3n) is 2.14. The van der Waals surface area contributed by atoms with Crippen molar-refractivity contribution >= 4 is 27.5 Å². The van der Waals surface area contributed by atoms with Gasteiger partial charge in [0.25, 0.3) is 5.91 Å². The number of benzene rings is 1. The minimum atomic E-state index is -0.238. The van der Waals surface area contributed by atoms with Crippen LogP contribution in [-0.2, 0) is 0 Å². The first-order chi connectivity index (χ1) is 8.15. The van der Waals surface area contributed by atoms with E-state index >= 15 is 0 Å². The van der Waals surface area contributed by atoms with Gasteiger partial charge in [0.2, 0.25) is 0 Å². The molecule has 1 aromatic heterocycles. The highest BCUT2D eigenvalue weighted by atomic mass is 79.9. The number of carbonyl (C=O) groups is 1. The van der Waals surface area contributed by atoms with E-state index in [0.717, 1.165) is 15.9 Å². The van der Waals surface area contributed by atoms with Crippen molar-refractivity contribution in [2.24, 2.45) is 0 Å². The number of carbonyl (C=O) groups excluding carboxylic acids is 1. The lowest BCUT2D eigenvalue weighted by molar-refractivity contribution is 0.102. The van der Waals surface area contributed by atoms with Crippen LogP contribution in [0.5, 0.6) is 0 Å². The summed E-state index contributed by atoms with van der Waals surface area (Å²) in [5.41, 5.74) is 1.86. The minimum absolute atomic E-state index is 0.238. The first kappa shape index (κ1) is 11.7. The Kier molecular flexibility index (Phi) is 3.49. The average Bonchev–Trinajstić information content (AvgIpc) is 2.32. The van der Waals surface area contributed by atoms with E-state index in [0.29, 0.717) is 5.69 Å². The fourth-order valence-electron chi connectivity index (χ4n) is 1.31. The molecule has 2 aromatic rings. The number of aromatic nitrogens is 2. The smallest absolute Gasteiger partial charge is 0.274 e. The fourth-order valence-corrected chi connectivity index (χ4v) is 1.57. The van der Waals surface area contributed by atoms with E-state index in [4.69, 9.17) is 0 Å². The molecule has 0 unspecified atom stereocenters. The van der Waals surface area contributed by atoms with Gasteiger partial charge in [-0.05, 0) is 37.3 Å². The van der Waals surface area contributed by atoms with Gasteiger partial charge in [0.15, 0.2) is 0 Å². The Balaban J connectivity index is 2.14. The van der Waals surface area contributed by atoms with E-state index in [1.165, 1.54) is 6.33 Å². The Morgan fingerprint density at radius 2 is 1.94 bits per heavy atom. The molecule has 4 nitrogen and oxygen atoms in total. The molecule has 1 aromatic carbocycles. The standard InChI is InChI=1S/C12H10BrN3O/c1-8-6-11(15-7-14-8)12(17)16-10-4-2-9(13)3-5-10/h2-7H,1H3,(H,16,17). The maximum atomic E-state index is 11.8. The fraction of sp³-hybridized carbons (Fsp3) is 0.0833. The Hall–Kier alpha value is -1.75. The van der Waals surface area contributed by atoms with Crippen molar-refractivity contribution < 1.29 is 4.79 Å². The molecule has 0 aliphatic heterocycles. The van der Waals surface area contributed by atoms with Gasteiger partial charge in [0, 0.05) is 15.9 Å². The lowest BCUT2D eigenvalue weighted by atomic mass is 10.3. The van der Waals surface area contributed by atoms with Crippen LogP contribution in [0, 0.1) is 6.92 Å². The predicted molar refractivity (Wildman–Crippen MR) is 68.9 cm³/mol. The van der Waals surface area contributed by atoms with Crippen molar-refractivity contribution in [1.82, 2.24) is 9.97 Å². The summed E-state index contributed by atoms with van der Waals surface area (Å²) in [7, 11) is 0. The molecule has 0 fully saturated rings. The summed E-state index contributed by atoms with van der Waals surface area (Å²) in [6, 6.07) is 9.00. The van der Waals surface area contributed by atoms with Crippen LogP contribution in [-0.4, -0.2) is 15.9 Å². The highest BCUT2D eigenvalue weighted by Gasteiger charge is 2.07. The second-order valence-electron chi connectivity index (χ2n) is 3.51. The zero-order chi connectivity index (χ0) is 12.3. The SMILES string of the molecule is Cc1cc(C(=O)Nc2ccc(Br)cc2)ncn1. The summed E-state index contributed by atoms with van der Waals surface area (Å²) in [5.74, 6) is -0.238. The average molecular weight is 292 g/mol. The van der Waals surface area contributed by atoms with Crippen molar-refractivity contribution in [3.63, 3.8) is 0 Å². The van der Waals surface area contributed by atoms with Crippen LogP contribution in [0.25, 0.3) is 0 Å². The molecule has 0 spiro atoms. The maximum absolute atomic E-state index is 11.8. The van der Waals surface area contributed by atoms with Crippen LogP contribution in [0.1, 0.15) is 16.2 Å². The molecule has 0 aliphatic rings. The van der Waals surface area contributed by atoms with Gasteiger partial charge in [-0.1, -0.05) is 15.9 Å². The van der Waals surface area contributed by atoms with Gasteiger partial charge in [0.05, 0.1) is 0 Å².